The number of hydrogen-bond donors (Lipinski definition) is 0. The topological polar surface area (TPSA) is 52.3 Å². The van der Waals surface area contributed by atoms with Crippen LogP contribution in [0.3, 0.4) is 0 Å². The highest BCUT2D eigenvalue weighted by atomic mass is 32.2. The van der Waals surface area contributed by atoms with Crippen LogP contribution in [0.5, 0.6) is 6.08 Å². The van der Waals surface area contributed by atoms with Crippen molar-refractivity contribution in [3.63, 3.8) is 0 Å². The molecule has 4 nitrogen and oxygen atoms in total. The minimum atomic E-state index is -0.384. The monoisotopic (exact) mass is 263 g/mol. The summed E-state index contributed by atoms with van der Waals surface area (Å²) in [5, 5.41) is 0.503. The van der Waals surface area contributed by atoms with Gasteiger partial charge < -0.3 is 9.15 Å². The Morgan fingerprint density at radius 1 is 1.44 bits per heavy atom. The van der Waals surface area contributed by atoms with Gasteiger partial charge in [0.15, 0.2) is 0 Å². The van der Waals surface area contributed by atoms with Crippen LogP contribution in [0.15, 0.2) is 32.3 Å². The molecule has 0 N–H and O–H groups in total. The van der Waals surface area contributed by atoms with Crippen molar-refractivity contribution in [3.8, 4) is 6.08 Å². The van der Waals surface area contributed by atoms with Crippen LogP contribution in [-0.4, -0.2) is 17.3 Å². The molecule has 1 heterocycles. The Kier molecular flexibility index (Phi) is 2.99. The highest BCUT2D eigenvalue weighted by molar-refractivity contribution is 7.98. The fourth-order valence-corrected chi connectivity index (χ4v) is 2.28. The summed E-state index contributed by atoms with van der Waals surface area (Å²) in [7, 11) is 0. The second kappa shape index (κ2) is 4.65. The molecule has 0 unspecified atom stereocenters. The Labute approximate surface area is 108 Å². The van der Waals surface area contributed by atoms with Gasteiger partial charge in [-0.2, -0.15) is 4.98 Å². The summed E-state index contributed by atoms with van der Waals surface area (Å²) >= 11 is 1.58. The van der Waals surface area contributed by atoms with Gasteiger partial charge in [-0.05, 0) is 43.7 Å². The SMILES string of the molecule is CSc1ccc2nc(OC3CCC3)oc(=O)c2c1. The van der Waals surface area contributed by atoms with E-state index in [2.05, 4.69) is 4.98 Å². The standard InChI is InChI=1S/C13H13NO3S/c1-18-9-5-6-11-10(7-9)12(15)17-13(14-11)16-8-3-2-4-8/h5-8H,2-4H2,1H3. The molecule has 1 saturated carbocycles. The summed E-state index contributed by atoms with van der Waals surface area (Å²) in [5.41, 5.74) is 0.239. The molecular formula is C13H13NO3S. The largest absolute Gasteiger partial charge is 0.447 e. The molecule has 1 fully saturated rings. The fraction of sp³-hybridized carbons (Fsp3) is 0.385. The minimum absolute atomic E-state index is 0.0918. The Morgan fingerprint density at radius 2 is 2.28 bits per heavy atom. The van der Waals surface area contributed by atoms with Crippen molar-refractivity contribution in [3.05, 3.63) is 28.6 Å². The molecule has 0 saturated heterocycles. The third-order valence-electron chi connectivity index (χ3n) is 3.14. The van der Waals surface area contributed by atoms with Crippen molar-refractivity contribution in [2.75, 3.05) is 6.26 Å². The van der Waals surface area contributed by atoms with E-state index in [1.807, 2.05) is 18.4 Å². The molecule has 1 aliphatic rings. The van der Waals surface area contributed by atoms with Crippen molar-refractivity contribution < 1.29 is 9.15 Å². The zero-order chi connectivity index (χ0) is 12.5. The number of rotatable bonds is 3. The smallest absolute Gasteiger partial charge is 0.397 e. The van der Waals surface area contributed by atoms with E-state index in [0.717, 1.165) is 17.7 Å². The van der Waals surface area contributed by atoms with E-state index in [9.17, 15) is 4.79 Å². The molecule has 18 heavy (non-hydrogen) atoms. The number of aromatic nitrogens is 1. The van der Waals surface area contributed by atoms with Gasteiger partial charge in [0.25, 0.3) is 0 Å². The van der Waals surface area contributed by atoms with Gasteiger partial charge in [0.2, 0.25) is 0 Å². The first-order valence-corrected chi connectivity index (χ1v) is 7.14. The highest BCUT2D eigenvalue weighted by Crippen LogP contribution is 2.25. The molecule has 0 aliphatic heterocycles. The van der Waals surface area contributed by atoms with Gasteiger partial charge in [-0.25, -0.2) is 4.79 Å². The number of thioether (sulfide) groups is 1. The van der Waals surface area contributed by atoms with E-state index in [0.29, 0.717) is 10.9 Å². The van der Waals surface area contributed by atoms with Gasteiger partial charge in [0.05, 0.1) is 10.9 Å². The number of nitrogens with zero attached hydrogens (tertiary/aromatic N) is 1. The van der Waals surface area contributed by atoms with E-state index >= 15 is 0 Å². The summed E-state index contributed by atoms with van der Waals surface area (Å²) in [5.74, 6) is 0. The molecule has 0 spiro atoms. The van der Waals surface area contributed by atoms with Crippen LogP contribution in [0.4, 0.5) is 0 Å². The van der Waals surface area contributed by atoms with Crippen LogP contribution in [0, 0.1) is 0 Å². The zero-order valence-corrected chi connectivity index (χ0v) is 10.8. The van der Waals surface area contributed by atoms with E-state index in [-0.39, 0.29) is 17.8 Å². The van der Waals surface area contributed by atoms with Crippen molar-refractivity contribution in [1.29, 1.82) is 0 Å². The Hall–Kier alpha value is -1.49. The number of hydrogen-bond acceptors (Lipinski definition) is 5. The molecular weight excluding hydrogens is 250 g/mol. The minimum Gasteiger partial charge on any atom is -0.447 e. The average Bonchev–Trinajstić information content (AvgIpc) is 2.33. The average molecular weight is 263 g/mol. The lowest BCUT2D eigenvalue weighted by Crippen LogP contribution is -2.25. The van der Waals surface area contributed by atoms with E-state index < -0.39 is 0 Å². The van der Waals surface area contributed by atoms with Crippen LogP contribution in [0.25, 0.3) is 10.9 Å². The Balaban J connectivity index is 2.01. The second-order valence-corrected chi connectivity index (χ2v) is 5.20. The summed E-state index contributed by atoms with van der Waals surface area (Å²) < 4.78 is 10.6. The van der Waals surface area contributed by atoms with E-state index in [1.165, 1.54) is 6.42 Å². The first-order chi connectivity index (χ1) is 8.76. The van der Waals surface area contributed by atoms with Crippen molar-refractivity contribution >= 4 is 22.7 Å². The lowest BCUT2D eigenvalue weighted by atomic mass is 9.96. The van der Waals surface area contributed by atoms with E-state index in [1.54, 1.807) is 17.8 Å². The number of benzene rings is 1. The Morgan fingerprint density at radius 3 is 2.94 bits per heavy atom. The highest BCUT2D eigenvalue weighted by Gasteiger charge is 2.21. The summed E-state index contributed by atoms with van der Waals surface area (Å²) in [6.45, 7) is 0. The predicted octanol–water partition coefficient (Wildman–Crippen LogP) is 2.84. The third kappa shape index (κ3) is 2.10. The van der Waals surface area contributed by atoms with Gasteiger partial charge in [-0.1, -0.05) is 0 Å². The lowest BCUT2D eigenvalue weighted by Gasteiger charge is -2.24. The van der Waals surface area contributed by atoms with Gasteiger partial charge in [-0.15, -0.1) is 11.8 Å². The van der Waals surface area contributed by atoms with Crippen molar-refractivity contribution in [2.45, 2.75) is 30.3 Å². The van der Waals surface area contributed by atoms with Gasteiger partial charge in [-0.3, -0.25) is 0 Å². The van der Waals surface area contributed by atoms with Crippen LogP contribution in [-0.2, 0) is 0 Å². The van der Waals surface area contributed by atoms with Gasteiger partial charge >= 0.3 is 11.7 Å². The first kappa shape index (κ1) is 11.6. The molecule has 0 atom stereocenters. The molecule has 0 radical (unpaired) electrons. The first-order valence-electron chi connectivity index (χ1n) is 5.92. The van der Waals surface area contributed by atoms with Crippen LogP contribution >= 0.6 is 11.8 Å². The zero-order valence-electron chi connectivity index (χ0n) is 10.0. The summed E-state index contributed by atoms with van der Waals surface area (Å²) in [4.78, 5) is 17.1. The molecule has 1 aromatic heterocycles. The molecule has 94 valence electrons. The quantitative estimate of drug-likeness (QED) is 0.797. The lowest BCUT2D eigenvalue weighted by molar-refractivity contribution is 0.0785. The third-order valence-corrected chi connectivity index (χ3v) is 3.86. The maximum atomic E-state index is 11.9. The summed E-state index contributed by atoms with van der Waals surface area (Å²) in [6.07, 6.45) is 5.39. The molecule has 0 amide bonds. The van der Waals surface area contributed by atoms with Crippen molar-refractivity contribution in [1.82, 2.24) is 4.98 Å². The van der Waals surface area contributed by atoms with Gasteiger partial charge in [0, 0.05) is 4.90 Å². The maximum Gasteiger partial charge on any atom is 0.397 e. The fourth-order valence-electron chi connectivity index (χ4n) is 1.84. The molecule has 1 aromatic carbocycles. The Bertz CT molecular complexity index is 634. The van der Waals surface area contributed by atoms with Crippen LogP contribution in [0.1, 0.15) is 19.3 Å². The molecule has 1 aliphatic carbocycles. The maximum absolute atomic E-state index is 11.9. The van der Waals surface area contributed by atoms with E-state index in [4.69, 9.17) is 9.15 Å². The van der Waals surface area contributed by atoms with Gasteiger partial charge in [0.1, 0.15) is 6.10 Å². The normalized spacial score (nSPS) is 15.6. The molecule has 5 heteroatoms. The summed E-state index contributed by atoms with van der Waals surface area (Å²) in [6, 6.07) is 5.56. The molecule has 0 bridgehead atoms. The predicted molar refractivity (Wildman–Crippen MR) is 70.3 cm³/mol. The van der Waals surface area contributed by atoms with Crippen LogP contribution in [0.2, 0.25) is 0 Å². The second-order valence-electron chi connectivity index (χ2n) is 4.32. The molecule has 3 rings (SSSR count). The number of ether oxygens (including phenoxy) is 1. The van der Waals surface area contributed by atoms with Crippen LogP contribution < -0.4 is 10.4 Å². The molecule has 2 aromatic rings. The number of fused-ring (bicyclic) bond motifs is 1. The van der Waals surface area contributed by atoms with Crippen molar-refractivity contribution in [2.24, 2.45) is 0 Å².